The summed E-state index contributed by atoms with van der Waals surface area (Å²) in [5.41, 5.74) is 0.770. The summed E-state index contributed by atoms with van der Waals surface area (Å²) >= 11 is 0. The van der Waals surface area contributed by atoms with E-state index in [4.69, 9.17) is 23.7 Å². The summed E-state index contributed by atoms with van der Waals surface area (Å²) in [6.07, 6.45) is 3.05. The van der Waals surface area contributed by atoms with Crippen LogP contribution in [0.1, 0.15) is 79.8 Å². The Morgan fingerprint density at radius 3 is 2.29 bits per heavy atom. The number of esters is 3. The molecule has 3 aliphatic rings. The van der Waals surface area contributed by atoms with Gasteiger partial charge in [-0.2, -0.15) is 0 Å². The van der Waals surface area contributed by atoms with Gasteiger partial charge in [0.25, 0.3) is 0 Å². The molecule has 3 unspecified atom stereocenters. The van der Waals surface area contributed by atoms with Crippen LogP contribution in [0.2, 0.25) is 0 Å². The van der Waals surface area contributed by atoms with E-state index < -0.39 is 65.3 Å². The van der Waals surface area contributed by atoms with Crippen molar-refractivity contribution >= 4 is 46.6 Å². The lowest BCUT2D eigenvalue weighted by atomic mass is 9.92. The van der Waals surface area contributed by atoms with Crippen LogP contribution in [0.5, 0.6) is 5.75 Å². The maximum Gasteiger partial charge on any atom is 0.412 e. The van der Waals surface area contributed by atoms with E-state index in [2.05, 4.69) is 0 Å². The monoisotopic (exact) mass is 859 g/mol. The second kappa shape index (κ2) is 19.0. The van der Waals surface area contributed by atoms with Gasteiger partial charge in [0.15, 0.2) is 11.6 Å². The van der Waals surface area contributed by atoms with Gasteiger partial charge < -0.3 is 43.2 Å². The Morgan fingerprint density at radius 1 is 0.871 bits per heavy atom. The van der Waals surface area contributed by atoms with Crippen LogP contribution >= 0.6 is 0 Å². The second-order valence-corrected chi connectivity index (χ2v) is 15.6. The molecule has 17 heteroatoms. The lowest BCUT2D eigenvalue weighted by molar-refractivity contribution is -0.156. The number of hydrogen-bond acceptors (Lipinski definition) is 12. The largest absolute Gasteiger partial charge is 0.492 e. The number of benzene rings is 3. The number of fused-ring (bicyclic) bond motifs is 2. The van der Waals surface area contributed by atoms with Gasteiger partial charge in [-0.3, -0.25) is 19.2 Å². The average molecular weight is 860 g/mol. The molecule has 3 atom stereocenters. The van der Waals surface area contributed by atoms with Crippen molar-refractivity contribution in [3.63, 3.8) is 0 Å². The number of rotatable bonds is 16. The van der Waals surface area contributed by atoms with Crippen LogP contribution in [0, 0.1) is 17.6 Å². The minimum Gasteiger partial charge on any atom is -0.492 e. The first-order chi connectivity index (χ1) is 29.9. The van der Waals surface area contributed by atoms with Gasteiger partial charge >= 0.3 is 30.0 Å². The number of carbonyl (C=O) groups excluding carboxylic acids is 4. The first-order valence-electron chi connectivity index (χ1n) is 20.6. The van der Waals surface area contributed by atoms with Crippen LogP contribution in [-0.2, 0) is 33.3 Å². The molecule has 1 aliphatic carbocycles. The van der Waals surface area contributed by atoms with E-state index in [1.54, 1.807) is 40.7 Å². The number of ether oxygens (including phenoxy) is 5. The predicted molar refractivity (Wildman–Crippen MR) is 219 cm³/mol. The van der Waals surface area contributed by atoms with Crippen LogP contribution in [-0.4, -0.2) is 97.3 Å². The number of aromatic carboxylic acids is 1. The number of anilines is 1. The number of methoxy groups -OCH3 is 1. The summed E-state index contributed by atoms with van der Waals surface area (Å²) in [6, 6.07) is 14.3. The van der Waals surface area contributed by atoms with Crippen LogP contribution in [0.3, 0.4) is 0 Å². The second-order valence-electron chi connectivity index (χ2n) is 15.6. The lowest BCUT2D eigenvalue weighted by Crippen LogP contribution is -2.48. The zero-order chi connectivity index (χ0) is 44.1. The summed E-state index contributed by atoms with van der Waals surface area (Å²) in [7, 11) is 1.37. The van der Waals surface area contributed by atoms with E-state index >= 15 is 4.39 Å². The van der Waals surface area contributed by atoms with E-state index in [1.807, 2.05) is 18.2 Å². The van der Waals surface area contributed by atoms with Gasteiger partial charge in [-0.15, -0.1) is 0 Å². The molecule has 3 aromatic carbocycles. The molecule has 7 rings (SSSR count). The van der Waals surface area contributed by atoms with E-state index in [9.17, 15) is 38.3 Å². The number of carbonyl (C=O) groups is 5. The van der Waals surface area contributed by atoms with Gasteiger partial charge in [-0.25, -0.2) is 18.4 Å². The number of carboxylic acids is 1. The highest BCUT2D eigenvalue weighted by atomic mass is 19.1. The summed E-state index contributed by atoms with van der Waals surface area (Å²) in [4.78, 5) is 78.6. The number of pyridine rings is 1. The van der Waals surface area contributed by atoms with Crippen molar-refractivity contribution in [3.05, 3.63) is 93.8 Å². The molecule has 328 valence electrons. The molecule has 0 bridgehead atoms. The molecule has 62 heavy (non-hydrogen) atoms. The molecule has 3 fully saturated rings. The minimum atomic E-state index is -1.40. The van der Waals surface area contributed by atoms with E-state index in [1.165, 1.54) is 24.3 Å². The molecule has 1 saturated carbocycles. The summed E-state index contributed by atoms with van der Waals surface area (Å²) in [6.45, 7) is 1.75. The average Bonchev–Trinajstić information content (AvgIpc) is 4.02. The first-order valence-corrected chi connectivity index (χ1v) is 20.6. The zero-order valence-corrected chi connectivity index (χ0v) is 34.3. The normalized spacial score (nSPS) is 17.5. The van der Waals surface area contributed by atoms with Crippen LogP contribution in [0.15, 0.2) is 65.6 Å². The van der Waals surface area contributed by atoms with Crippen LogP contribution < -0.4 is 15.1 Å². The van der Waals surface area contributed by atoms with Crippen molar-refractivity contribution in [1.82, 2.24) is 9.47 Å². The van der Waals surface area contributed by atoms with E-state index in [0.29, 0.717) is 36.2 Å². The molecule has 2 saturated heterocycles. The Kier molecular flexibility index (Phi) is 13.4. The molecule has 15 nitrogen and oxygen atoms in total. The van der Waals surface area contributed by atoms with Gasteiger partial charge in [0.2, 0.25) is 12.2 Å². The van der Waals surface area contributed by atoms with Crippen molar-refractivity contribution in [2.24, 2.45) is 5.92 Å². The summed E-state index contributed by atoms with van der Waals surface area (Å²) in [5, 5.41) is 9.56. The predicted octanol–water partition coefficient (Wildman–Crippen LogP) is 6.59. The molecule has 4 aromatic rings. The number of amides is 1. The van der Waals surface area contributed by atoms with Crippen LogP contribution in [0.25, 0.3) is 22.0 Å². The Morgan fingerprint density at radius 2 is 1.60 bits per heavy atom. The first kappa shape index (κ1) is 43.6. The number of piperidine rings is 1. The van der Waals surface area contributed by atoms with E-state index in [0.717, 1.165) is 30.9 Å². The van der Waals surface area contributed by atoms with Gasteiger partial charge in [0.05, 0.1) is 56.0 Å². The molecule has 2 aliphatic heterocycles. The Hall–Kier alpha value is -6.52. The standard InChI is InChI=1S/C45H47F2N3O12/c1-26(28-11-14-31(34(46)20-28)27-8-4-3-5-9-27)44(56)60-19-7-18-59-37(51)15-16-38(52)61-25-62-45(57)49-17-6-10-29-22-48(24-36(29)49)40-35(47)21-32-39(42(40)58-2)50(30-12-13-30)23-33(41(32)53)43(54)55/h3-5,8-9,11,14,20-21,23,26,29-30,36H,6-7,10,12-13,15-19,22,24-25H2,1-2H3,(H,54,55). The summed E-state index contributed by atoms with van der Waals surface area (Å²) in [5.74, 6) is -5.33. The molecular weight excluding hydrogens is 812 g/mol. The number of hydrogen-bond donors (Lipinski definition) is 1. The van der Waals surface area contributed by atoms with Gasteiger partial charge in [-0.05, 0) is 61.8 Å². The summed E-state index contributed by atoms with van der Waals surface area (Å²) < 4.78 is 58.9. The Labute approximate surface area is 355 Å². The SMILES string of the molecule is COc1c(N2CC3CCCN(C(=O)OCOC(=O)CCC(=O)OCCCOC(=O)C(C)c4ccc(-c5ccccc5)c(F)c4)C3C2)c(F)cc2c(=O)c(C(=O)O)cn(C3CC3)c12. The van der Waals surface area contributed by atoms with E-state index in [-0.39, 0.29) is 73.8 Å². The maximum absolute atomic E-state index is 16.0. The highest BCUT2D eigenvalue weighted by molar-refractivity contribution is 5.97. The molecule has 1 N–H and O–H groups in total. The quantitative estimate of drug-likeness (QED) is 0.0553. The fourth-order valence-electron chi connectivity index (χ4n) is 8.22. The maximum atomic E-state index is 16.0. The Balaban J connectivity index is 0.834. The van der Waals surface area contributed by atoms with Gasteiger partial charge in [0, 0.05) is 43.9 Å². The third-order valence-electron chi connectivity index (χ3n) is 11.6. The zero-order valence-electron chi connectivity index (χ0n) is 34.3. The fourth-order valence-corrected chi connectivity index (χ4v) is 8.22. The molecule has 0 spiro atoms. The minimum absolute atomic E-state index is 0.0415. The number of likely N-dealkylation sites (tertiary alicyclic amines) is 1. The molecule has 0 radical (unpaired) electrons. The third-order valence-corrected chi connectivity index (χ3v) is 11.6. The third kappa shape index (κ3) is 9.51. The van der Waals surface area contributed by atoms with Crippen LogP contribution in [0.4, 0.5) is 19.3 Å². The fraction of sp³-hybridized carbons (Fsp3) is 0.422. The topological polar surface area (TPSA) is 180 Å². The number of carboxylic acid groups (broad SMARTS) is 1. The number of nitrogens with zero attached hydrogens (tertiary/aromatic N) is 3. The van der Waals surface area contributed by atoms with Crippen molar-refractivity contribution in [2.75, 3.05) is 51.7 Å². The van der Waals surface area contributed by atoms with Gasteiger partial charge in [0.1, 0.15) is 17.1 Å². The van der Waals surface area contributed by atoms with Crippen molar-refractivity contribution in [3.8, 4) is 16.9 Å². The van der Waals surface area contributed by atoms with Crippen molar-refractivity contribution in [1.29, 1.82) is 0 Å². The molecule has 3 heterocycles. The highest BCUT2D eigenvalue weighted by Crippen LogP contribution is 2.45. The smallest absolute Gasteiger partial charge is 0.412 e. The molecular formula is C45H47F2N3O12. The van der Waals surface area contributed by atoms with Crippen molar-refractivity contribution in [2.45, 2.75) is 69.9 Å². The number of halogens is 2. The van der Waals surface area contributed by atoms with Gasteiger partial charge in [-0.1, -0.05) is 42.5 Å². The van der Waals surface area contributed by atoms with Crippen molar-refractivity contribution < 1.29 is 61.5 Å². The molecule has 1 aromatic heterocycles. The number of aromatic nitrogens is 1. The lowest BCUT2D eigenvalue weighted by Gasteiger charge is -2.35. The highest BCUT2D eigenvalue weighted by Gasteiger charge is 2.44. The molecule has 1 amide bonds. The Bertz CT molecular complexity index is 2420.